The molecule has 4 aliphatic rings. The van der Waals surface area contributed by atoms with Gasteiger partial charge >= 0.3 is 7.60 Å². The van der Waals surface area contributed by atoms with Crippen molar-refractivity contribution >= 4 is 52.4 Å². The lowest BCUT2D eigenvalue weighted by molar-refractivity contribution is -0.148. The van der Waals surface area contributed by atoms with E-state index in [2.05, 4.69) is 21.3 Å². The van der Waals surface area contributed by atoms with E-state index in [1.165, 1.54) is 11.3 Å². The van der Waals surface area contributed by atoms with Crippen LogP contribution in [0.25, 0.3) is 10.1 Å². The predicted molar refractivity (Wildman–Crippen MR) is 171 cm³/mol. The van der Waals surface area contributed by atoms with Gasteiger partial charge in [-0.25, -0.2) is 0 Å². The van der Waals surface area contributed by atoms with E-state index < -0.39 is 19.7 Å². The standard InChI is InChI=1S/C32H35N6O6PS/c33-12-20-14-36(15-20)26-8-9-34-13-24(26)22-16-37(17-22)32(41)27-6-5-23-2-1-3-25(31(40)38(23)27)35-30(39)29-11-21-10-19(18-45(42,43)44)4-7-28(21)46-29/h4,7-11,13,20,22-23,25,27H,1-3,5-6,14-18H2,(H,35,39)(H2,42,43,44)/t23-,25-,27-/m0/s1. The van der Waals surface area contributed by atoms with E-state index in [0.29, 0.717) is 54.8 Å². The van der Waals surface area contributed by atoms with Gasteiger partial charge in [0.2, 0.25) is 11.8 Å². The molecule has 4 aliphatic heterocycles. The topological polar surface area (TPSA) is 167 Å². The fourth-order valence-corrected chi connectivity index (χ4v) is 8.95. The van der Waals surface area contributed by atoms with Gasteiger partial charge in [0.15, 0.2) is 0 Å². The molecule has 0 aliphatic carbocycles. The van der Waals surface area contributed by atoms with Gasteiger partial charge in [-0.3, -0.25) is 23.9 Å². The van der Waals surface area contributed by atoms with Gasteiger partial charge in [-0.05, 0) is 67.3 Å². The van der Waals surface area contributed by atoms with Crippen LogP contribution in [0.4, 0.5) is 5.69 Å². The number of thiophene rings is 1. The van der Waals surface area contributed by atoms with Gasteiger partial charge in [-0.2, -0.15) is 5.26 Å². The summed E-state index contributed by atoms with van der Waals surface area (Å²) in [6.07, 6.45) is 6.64. The van der Waals surface area contributed by atoms with Crippen LogP contribution in [0.3, 0.4) is 0 Å². The second-order valence-electron chi connectivity index (χ2n) is 12.9. The van der Waals surface area contributed by atoms with Crippen LogP contribution in [0.2, 0.25) is 0 Å². The van der Waals surface area contributed by atoms with Crippen molar-refractivity contribution in [1.82, 2.24) is 20.1 Å². The van der Waals surface area contributed by atoms with Crippen LogP contribution < -0.4 is 10.2 Å². The number of carbonyl (C=O) groups is 3. The van der Waals surface area contributed by atoms with Crippen molar-refractivity contribution in [3.63, 3.8) is 0 Å². The number of amides is 3. The fraction of sp³-hybridized carbons (Fsp3) is 0.469. The Bertz CT molecular complexity index is 1790. The van der Waals surface area contributed by atoms with Gasteiger partial charge in [0.25, 0.3) is 5.91 Å². The number of benzene rings is 1. The third-order valence-electron chi connectivity index (χ3n) is 9.73. The molecular formula is C32H35N6O6PS. The quantitative estimate of drug-likeness (QED) is 0.322. The highest BCUT2D eigenvalue weighted by atomic mass is 32.1. The number of likely N-dealkylation sites (tertiary alicyclic amines) is 1. The molecule has 0 bridgehead atoms. The minimum Gasteiger partial charge on any atom is -0.368 e. The summed E-state index contributed by atoms with van der Waals surface area (Å²) in [4.78, 5) is 70.2. The van der Waals surface area contributed by atoms with Crippen molar-refractivity contribution in [1.29, 1.82) is 5.26 Å². The molecule has 4 fully saturated rings. The van der Waals surface area contributed by atoms with Crippen LogP contribution in [-0.4, -0.2) is 86.6 Å². The number of nitrogens with one attached hydrogen (secondary N) is 1. The predicted octanol–water partition coefficient (Wildman–Crippen LogP) is 3.20. The monoisotopic (exact) mass is 662 g/mol. The number of hydrogen-bond acceptors (Lipinski definition) is 8. The summed E-state index contributed by atoms with van der Waals surface area (Å²) in [7, 11) is -4.22. The molecule has 6 heterocycles. The van der Waals surface area contributed by atoms with E-state index in [0.717, 1.165) is 35.2 Å². The molecule has 12 nitrogen and oxygen atoms in total. The summed E-state index contributed by atoms with van der Waals surface area (Å²) in [6.45, 7) is 2.51. The number of aromatic nitrogens is 1. The Morgan fingerprint density at radius 3 is 2.65 bits per heavy atom. The third kappa shape index (κ3) is 5.91. The van der Waals surface area contributed by atoms with Gasteiger partial charge < -0.3 is 29.8 Å². The van der Waals surface area contributed by atoms with Gasteiger partial charge in [0.1, 0.15) is 12.1 Å². The molecule has 3 atom stereocenters. The molecule has 240 valence electrons. The molecule has 3 aromatic rings. The Kier molecular flexibility index (Phi) is 8.09. The SMILES string of the molecule is N#CC1CN(c2ccncc2C2CN(C(=O)[C@@H]3CC[C@@H]4CCC[C@H](NC(=O)c5cc6cc(CP(=O)(O)O)ccc6s5)C(=O)N43)C2)C1. The van der Waals surface area contributed by atoms with Crippen molar-refractivity contribution in [3.05, 3.63) is 58.7 Å². The maximum atomic E-state index is 13.9. The summed E-state index contributed by atoms with van der Waals surface area (Å²) in [5, 5.41) is 12.8. The maximum absolute atomic E-state index is 13.9. The van der Waals surface area contributed by atoms with Crippen molar-refractivity contribution in [2.24, 2.45) is 5.92 Å². The van der Waals surface area contributed by atoms with Crippen LogP contribution in [0.1, 0.15) is 58.8 Å². The molecule has 2 aromatic heterocycles. The highest BCUT2D eigenvalue weighted by Crippen LogP contribution is 2.41. The number of nitrogens with zero attached hydrogens (tertiary/aromatic N) is 5. The minimum atomic E-state index is -4.22. The van der Waals surface area contributed by atoms with E-state index >= 15 is 0 Å². The molecule has 0 saturated carbocycles. The molecule has 0 unspecified atom stereocenters. The molecular weight excluding hydrogens is 627 g/mol. The lowest BCUT2D eigenvalue weighted by Crippen LogP contribution is -2.58. The number of rotatable bonds is 7. The van der Waals surface area contributed by atoms with Crippen molar-refractivity contribution in [3.8, 4) is 6.07 Å². The number of hydrogen-bond donors (Lipinski definition) is 3. The van der Waals surface area contributed by atoms with E-state index in [1.807, 2.05) is 17.2 Å². The lowest BCUT2D eigenvalue weighted by atomic mass is 9.88. The molecule has 0 spiro atoms. The molecule has 3 amide bonds. The van der Waals surface area contributed by atoms with Crippen LogP contribution in [0, 0.1) is 17.2 Å². The average molecular weight is 663 g/mol. The van der Waals surface area contributed by atoms with Gasteiger partial charge in [0, 0.05) is 66.5 Å². The van der Waals surface area contributed by atoms with E-state index in [1.54, 1.807) is 35.4 Å². The van der Waals surface area contributed by atoms with Gasteiger partial charge in [-0.1, -0.05) is 6.07 Å². The summed E-state index contributed by atoms with van der Waals surface area (Å²) in [5.41, 5.74) is 2.64. The zero-order valence-electron chi connectivity index (χ0n) is 25.1. The van der Waals surface area contributed by atoms with Gasteiger partial charge in [0.05, 0.1) is 23.0 Å². The van der Waals surface area contributed by atoms with Gasteiger partial charge in [-0.15, -0.1) is 11.3 Å². The summed E-state index contributed by atoms with van der Waals surface area (Å²) >= 11 is 1.26. The zero-order valence-corrected chi connectivity index (χ0v) is 26.8. The van der Waals surface area contributed by atoms with Crippen molar-refractivity contribution in [2.75, 3.05) is 31.1 Å². The Morgan fingerprint density at radius 2 is 1.89 bits per heavy atom. The first kappa shape index (κ1) is 30.8. The highest BCUT2D eigenvalue weighted by molar-refractivity contribution is 7.50. The largest absolute Gasteiger partial charge is 0.368 e. The van der Waals surface area contributed by atoms with Crippen molar-refractivity contribution < 1.29 is 28.7 Å². The molecule has 0 radical (unpaired) electrons. The second kappa shape index (κ2) is 12.1. The molecule has 4 saturated heterocycles. The molecule has 7 rings (SSSR count). The normalized spacial score (nSPS) is 23.8. The van der Waals surface area contributed by atoms with E-state index in [9.17, 15) is 34.0 Å². The summed E-state index contributed by atoms with van der Waals surface area (Å²) < 4.78 is 12.2. The Balaban J connectivity index is 1.01. The smallest absolute Gasteiger partial charge is 0.329 e. The Hall–Kier alpha value is -3.82. The first-order valence-electron chi connectivity index (χ1n) is 15.7. The molecule has 46 heavy (non-hydrogen) atoms. The lowest BCUT2D eigenvalue weighted by Gasteiger charge is -2.45. The Labute approximate surface area is 270 Å². The Morgan fingerprint density at radius 1 is 1.09 bits per heavy atom. The van der Waals surface area contributed by atoms with Crippen molar-refractivity contribution in [2.45, 2.75) is 62.3 Å². The average Bonchev–Trinajstić information content (AvgIpc) is 3.55. The number of carbonyl (C=O) groups excluding carboxylic acids is 3. The first-order valence-corrected chi connectivity index (χ1v) is 18.3. The summed E-state index contributed by atoms with van der Waals surface area (Å²) in [6, 6.07) is 9.72. The highest BCUT2D eigenvalue weighted by Gasteiger charge is 2.48. The zero-order chi connectivity index (χ0) is 32.2. The number of anilines is 1. The second-order valence-corrected chi connectivity index (χ2v) is 15.6. The van der Waals surface area contributed by atoms with E-state index in [4.69, 9.17) is 0 Å². The van der Waals surface area contributed by atoms with Crippen LogP contribution in [0.15, 0.2) is 42.7 Å². The first-order chi connectivity index (χ1) is 22.1. The third-order valence-corrected chi connectivity index (χ3v) is 11.6. The maximum Gasteiger partial charge on any atom is 0.329 e. The summed E-state index contributed by atoms with van der Waals surface area (Å²) in [5.74, 6) is -0.455. The number of fused-ring (bicyclic) bond motifs is 2. The van der Waals surface area contributed by atoms with Crippen LogP contribution >= 0.6 is 18.9 Å². The number of pyridine rings is 1. The minimum absolute atomic E-state index is 0.0263. The fourth-order valence-electron chi connectivity index (χ4n) is 7.33. The van der Waals surface area contributed by atoms with E-state index in [-0.39, 0.29) is 41.8 Å². The number of nitriles is 1. The molecule has 3 N–H and O–H groups in total. The van der Waals surface area contributed by atoms with Crippen LogP contribution in [0.5, 0.6) is 0 Å². The molecule has 1 aromatic carbocycles. The van der Waals surface area contributed by atoms with Crippen LogP contribution in [-0.2, 0) is 20.3 Å². The molecule has 14 heteroatoms.